The van der Waals surface area contributed by atoms with Crippen molar-refractivity contribution in [2.24, 2.45) is 0 Å². The molecule has 0 radical (unpaired) electrons. The molecular weight excluding hydrogens is 493 g/mol. The lowest BCUT2D eigenvalue weighted by molar-refractivity contribution is -0.0710. The van der Waals surface area contributed by atoms with Gasteiger partial charge in [0.1, 0.15) is 11.6 Å². The van der Waals surface area contributed by atoms with Crippen molar-refractivity contribution in [1.29, 1.82) is 0 Å². The fraction of sp³-hybridized carbons (Fsp3) is 0.321. The van der Waals surface area contributed by atoms with Gasteiger partial charge < -0.3 is 10.1 Å². The van der Waals surface area contributed by atoms with Gasteiger partial charge >= 0.3 is 0 Å². The average molecular weight is 522 g/mol. The lowest BCUT2D eigenvalue weighted by Gasteiger charge is -2.34. The second-order valence-electron chi connectivity index (χ2n) is 9.27. The molecule has 1 N–H and O–H groups in total. The Morgan fingerprint density at radius 1 is 0.972 bits per heavy atom. The third kappa shape index (κ3) is 5.79. The molecule has 8 heteroatoms. The molecule has 0 saturated carbocycles. The fourth-order valence-corrected chi connectivity index (χ4v) is 5.22. The summed E-state index contributed by atoms with van der Waals surface area (Å²) < 4.78 is 5.90. The third-order valence-corrected chi connectivity index (χ3v) is 6.95. The zero-order valence-corrected chi connectivity index (χ0v) is 21.9. The van der Waals surface area contributed by atoms with E-state index in [9.17, 15) is 0 Å². The highest BCUT2D eigenvalue weighted by Gasteiger charge is 2.23. The predicted octanol–water partition coefficient (Wildman–Crippen LogP) is 6.26. The molecule has 5 rings (SSSR count). The molecule has 0 aliphatic carbocycles. The van der Waals surface area contributed by atoms with Gasteiger partial charge in [0.15, 0.2) is 0 Å². The van der Waals surface area contributed by atoms with Crippen molar-refractivity contribution < 1.29 is 4.74 Å². The average Bonchev–Trinajstić information content (AvgIpc) is 2.84. The molecule has 2 unspecified atom stereocenters. The van der Waals surface area contributed by atoms with Crippen LogP contribution in [-0.2, 0) is 17.7 Å². The van der Waals surface area contributed by atoms with Crippen LogP contribution in [-0.4, -0.2) is 51.7 Å². The van der Waals surface area contributed by atoms with Crippen LogP contribution < -0.4 is 5.32 Å². The second kappa shape index (κ2) is 11.1. The second-order valence-corrected chi connectivity index (χ2v) is 10.1. The molecule has 0 bridgehead atoms. The van der Waals surface area contributed by atoms with E-state index in [1.165, 1.54) is 0 Å². The number of aromatic nitrogens is 3. The molecule has 2 aromatic heterocycles. The Morgan fingerprint density at radius 2 is 1.75 bits per heavy atom. The molecule has 2 aromatic carbocycles. The first-order chi connectivity index (χ1) is 17.5. The number of nitrogens with one attached hydrogen (secondary N) is 1. The molecule has 1 aliphatic rings. The maximum atomic E-state index is 6.43. The minimum atomic E-state index is 0.181. The molecule has 1 fully saturated rings. The Balaban J connectivity index is 1.47. The molecule has 1 saturated heterocycles. The summed E-state index contributed by atoms with van der Waals surface area (Å²) in [6, 6.07) is 17.7. The van der Waals surface area contributed by atoms with Crippen molar-refractivity contribution in [1.82, 2.24) is 19.9 Å². The van der Waals surface area contributed by atoms with E-state index >= 15 is 0 Å². The van der Waals surface area contributed by atoms with Crippen molar-refractivity contribution in [3.8, 4) is 11.3 Å². The number of benzene rings is 2. The highest BCUT2D eigenvalue weighted by Crippen LogP contribution is 2.30. The summed E-state index contributed by atoms with van der Waals surface area (Å²) in [7, 11) is 0. The summed E-state index contributed by atoms with van der Waals surface area (Å²) in [6.45, 7) is 7.27. The summed E-state index contributed by atoms with van der Waals surface area (Å²) in [4.78, 5) is 16.7. The van der Waals surface area contributed by atoms with E-state index in [0.717, 1.165) is 63.9 Å². The quantitative estimate of drug-likeness (QED) is 0.309. The highest BCUT2D eigenvalue weighted by molar-refractivity contribution is 6.33. The monoisotopic (exact) mass is 521 g/mol. The zero-order valence-electron chi connectivity index (χ0n) is 20.4. The number of nitrogens with zero attached hydrogens (tertiary/aromatic N) is 4. The van der Waals surface area contributed by atoms with Crippen molar-refractivity contribution in [3.05, 3.63) is 82.2 Å². The third-order valence-electron chi connectivity index (χ3n) is 6.28. The number of hydrogen-bond donors (Lipinski definition) is 1. The van der Waals surface area contributed by atoms with Crippen LogP contribution in [0.25, 0.3) is 22.2 Å². The minimum absolute atomic E-state index is 0.181. The number of halogens is 2. The maximum Gasteiger partial charge on any atom is 0.145 e. The van der Waals surface area contributed by atoms with Crippen LogP contribution >= 0.6 is 23.2 Å². The van der Waals surface area contributed by atoms with E-state index in [1.54, 1.807) is 6.20 Å². The first-order valence-electron chi connectivity index (χ1n) is 12.2. The lowest BCUT2D eigenvalue weighted by atomic mass is 10.1. The summed E-state index contributed by atoms with van der Waals surface area (Å²) in [5.41, 5.74) is 3.63. The number of fused-ring (bicyclic) bond motifs is 1. The van der Waals surface area contributed by atoms with Crippen LogP contribution in [0.2, 0.25) is 10.0 Å². The Labute approximate surface area is 221 Å². The van der Waals surface area contributed by atoms with Gasteiger partial charge in [-0.3, -0.25) is 9.88 Å². The SMILES string of the molecule is CC1CN(Cc2nc(NCCc3ccccc3Cl)c3ccc(-c4ncccc4Cl)cc3n2)CC(C)O1. The Bertz CT molecular complexity index is 1360. The lowest BCUT2D eigenvalue weighted by Crippen LogP contribution is -2.45. The van der Waals surface area contributed by atoms with Crippen LogP contribution in [0.3, 0.4) is 0 Å². The van der Waals surface area contributed by atoms with E-state index in [-0.39, 0.29) is 12.2 Å². The number of pyridine rings is 1. The van der Waals surface area contributed by atoms with Crippen molar-refractivity contribution >= 4 is 39.9 Å². The van der Waals surface area contributed by atoms with Gasteiger partial charge in [0.05, 0.1) is 35.0 Å². The minimum Gasteiger partial charge on any atom is -0.373 e. The van der Waals surface area contributed by atoms with Crippen LogP contribution in [0.1, 0.15) is 25.2 Å². The molecule has 0 spiro atoms. The van der Waals surface area contributed by atoms with E-state index in [0.29, 0.717) is 18.1 Å². The van der Waals surface area contributed by atoms with Gasteiger partial charge in [-0.05, 0) is 56.2 Å². The van der Waals surface area contributed by atoms with Crippen LogP contribution in [0, 0.1) is 0 Å². The van der Waals surface area contributed by atoms with E-state index < -0.39 is 0 Å². The molecular formula is C28H29Cl2N5O. The zero-order chi connectivity index (χ0) is 25.1. The normalized spacial score (nSPS) is 18.4. The molecule has 2 atom stereocenters. The largest absolute Gasteiger partial charge is 0.373 e. The molecule has 3 heterocycles. The van der Waals surface area contributed by atoms with Crippen molar-refractivity contribution in [3.63, 3.8) is 0 Å². The first-order valence-corrected chi connectivity index (χ1v) is 13.0. The van der Waals surface area contributed by atoms with Crippen molar-refractivity contribution in [2.75, 3.05) is 25.0 Å². The van der Waals surface area contributed by atoms with Gasteiger partial charge in [-0.25, -0.2) is 9.97 Å². The van der Waals surface area contributed by atoms with Crippen molar-refractivity contribution in [2.45, 2.75) is 39.0 Å². The molecule has 186 valence electrons. The highest BCUT2D eigenvalue weighted by atomic mass is 35.5. The van der Waals surface area contributed by atoms with E-state index in [4.69, 9.17) is 37.9 Å². The van der Waals surface area contributed by atoms with Crippen LogP contribution in [0.5, 0.6) is 0 Å². The van der Waals surface area contributed by atoms with Crippen LogP contribution in [0.4, 0.5) is 5.82 Å². The summed E-state index contributed by atoms with van der Waals surface area (Å²) in [6.07, 6.45) is 2.90. The number of hydrogen-bond acceptors (Lipinski definition) is 6. The van der Waals surface area contributed by atoms with Gasteiger partial charge in [0, 0.05) is 41.8 Å². The number of anilines is 1. The summed E-state index contributed by atoms with van der Waals surface area (Å²) >= 11 is 12.8. The number of morpholine rings is 1. The van der Waals surface area contributed by atoms with Gasteiger partial charge in [-0.2, -0.15) is 0 Å². The summed E-state index contributed by atoms with van der Waals surface area (Å²) in [5, 5.41) is 5.88. The Morgan fingerprint density at radius 3 is 2.53 bits per heavy atom. The molecule has 4 aromatic rings. The van der Waals surface area contributed by atoms with E-state index in [1.807, 2.05) is 48.5 Å². The smallest absolute Gasteiger partial charge is 0.145 e. The Hall–Kier alpha value is -2.77. The van der Waals surface area contributed by atoms with Gasteiger partial charge in [-0.1, -0.05) is 47.5 Å². The molecule has 36 heavy (non-hydrogen) atoms. The van der Waals surface area contributed by atoms with E-state index in [2.05, 4.69) is 35.1 Å². The first kappa shape index (κ1) is 24.9. The molecule has 6 nitrogen and oxygen atoms in total. The van der Waals surface area contributed by atoms with Gasteiger partial charge in [0.2, 0.25) is 0 Å². The predicted molar refractivity (Wildman–Crippen MR) is 147 cm³/mol. The summed E-state index contributed by atoms with van der Waals surface area (Å²) in [5.74, 6) is 1.59. The van der Waals surface area contributed by atoms with Gasteiger partial charge in [-0.15, -0.1) is 0 Å². The van der Waals surface area contributed by atoms with Gasteiger partial charge in [0.25, 0.3) is 0 Å². The van der Waals surface area contributed by atoms with Crippen LogP contribution in [0.15, 0.2) is 60.8 Å². The number of rotatable bonds is 7. The fourth-order valence-electron chi connectivity index (χ4n) is 4.76. The Kier molecular flexibility index (Phi) is 7.67. The molecule has 1 aliphatic heterocycles. The number of ether oxygens (including phenoxy) is 1. The molecule has 0 amide bonds. The maximum absolute atomic E-state index is 6.43. The topological polar surface area (TPSA) is 63.2 Å². The standard InChI is InChI=1S/C28H29Cl2N5O/c1-18-15-35(16-19(2)36-18)17-26-33-25-14-21(27-24(30)8-5-12-31-27)9-10-22(25)28(34-26)32-13-11-20-6-3-4-7-23(20)29/h3-10,12,14,18-19H,11,13,15-17H2,1-2H3,(H,32,33,34).